The second-order valence-electron chi connectivity index (χ2n) is 5.55. The molecule has 1 aliphatic rings. The Hall–Kier alpha value is -1.36. The van der Waals surface area contributed by atoms with Crippen molar-refractivity contribution in [2.24, 2.45) is 0 Å². The molecule has 1 atom stereocenters. The van der Waals surface area contributed by atoms with E-state index in [1.165, 1.54) is 25.7 Å². The highest BCUT2D eigenvalue weighted by Crippen LogP contribution is 2.21. The standard InChI is InChI=1S/C14H24N4O/c1-12(10-18-9-5-8-15-18)16-14(19)11-17(2)13-6-3-4-7-13/h5,8-9,12-13H,3-4,6-7,10-11H2,1-2H3,(H,16,19)/t12-/m0/s1. The third-order valence-electron chi connectivity index (χ3n) is 3.77. The van der Waals surface area contributed by atoms with Gasteiger partial charge in [0.15, 0.2) is 0 Å². The van der Waals surface area contributed by atoms with Gasteiger partial charge in [0.25, 0.3) is 0 Å². The van der Waals surface area contributed by atoms with Crippen molar-refractivity contribution in [3.05, 3.63) is 18.5 Å². The lowest BCUT2D eigenvalue weighted by atomic mass is 10.2. The first-order chi connectivity index (χ1) is 9.15. The van der Waals surface area contributed by atoms with Crippen LogP contribution in [0.5, 0.6) is 0 Å². The van der Waals surface area contributed by atoms with Gasteiger partial charge in [-0.3, -0.25) is 14.4 Å². The van der Waals surface area contributed by atoms with Gasteiger partial charge in [0.2, 0.25) is 5.91 Å². The maximum Gasteiger partial charge on any atom is 0.234 e. The molecule has 0 aliphatic heterocycles. The number of hydrogen-bond acceptors (Lipinski definition) is 3. The van der Waals surface area contributed by atoms with Crippen LogP contribution in [0.4, 0.5) is 0 Å². The molecule has 2 rings (SSSR count). The van der Waals surface area contributed by atoms with Crippen molar-refractivity contribution >= 4 is 5.91 Å². The quantitative estimate of drug-likeness (QED) is 0.841. The van der Waals surface area contributed by atoms with Crippen molar-refractivity contribution in [2.75, 3.05) is 13.6 Å². The third kappa shape index (κ3) is 4.35. The van der Waals surface area contributed by atoms with Gasteiger partial charge in [-0.25, -0.2) is 0 Å². The molecule has 1 aromatic rings. The third-order valence-corrected chi connectivity index (χ3v) is 3.77. The predicted molar refractivity (Wildman–Crippen MR) is 74.7 cm³/mol. The van der Waals surface area contributed by atoms with Gasteiger partial charge < -0.3 is 5.32 Å². The highest BCUT2D eigenvalue weighted by molar-refractivity contribution is 5.78. The van der Waals surface area contributed by atoms with Crippen LogP contribution in [0.2, 0.25) is 0 Å². The average molecular weight is 264 g/mol. The van der Waals surface area contributed by atoms with Gasteiger partial charge in [-0.05, 0) is 32.9 Å². The van der Waals surface area contributed by atoms with Crippen LogP contribution in [0.25, 0.3) is 0 Å². The SMILES string of the molecule is C[C@@H](Cn1cccn1)NC(=O)CN(C)C1CCCC1. The van der Waals surface area contributed by atoms with Crippen molar-refractivity contribution in [1.82, 2.24) is 20.0 Å². The van der Waals surface area contributed by atoms with E-state index in [0.29, 0.717) is 19.1 Å². The van der Waals surface area contributed by atoms with E-state index in [0.717, 1.165) is 0 Å². The maximum atomic E-state index is 12.0. The van der Waals surface area contributed by atoms with Crippen LogP contribution in [0.3, 0.4) is 0 Å². The summed E-state index contributed by atoms with van der Waals surface area (Å²) in [6.45, 7) is 3.22. The summed E-state index contributed by atoms with van der Waals surface area (Å²) < 4.78 is 1.84. The number of amides is 1. The molecule has 19 heavy (non-hydrogen) atoms. The van der Waals surface area contributed by atoms with Gasteiger partial charge in [0.05, 0.1) is 13.1 Å². The maximum absolute atomic E-state index is 12.0. The molecule has 0 bridgehead atoms. The zero-order valence-corrected chi connectivity index (χ0v) is 11.9. The Balaban J connectivity index is 1.71. The summed E-state index contributed by atoms with van der Waals surface area (Å²) in [5.74, 6) is 0.106. The van der Waals surface area contributed by atoms with Crippen LogP contribution in [-0.2, 0) is 11.3 Å². The number of nitrogens with one attached hydrogen (secondary N) is 1. The minimum Gasteiger partial charge on any atom is -0.351 e. The summed E-state index contributed by atoms with van der Waals surface area (Å²) in [5, 5.41) is 7.17. The van der Waals surface area contributed by atoms with E-state index in [4.69, 9.17) is 0 Å². The molecule has 1 aromatic heterocycles. The van der Waals surface area contributed by atoms with Crippen LogP contribution >= 0.6 is 0 Å². The van der Waals surface area contributed by atoms with Gasteiger partial charge in [-0.2, -0.15) is 5.10 Å². The lowest BCUT2D eigenvalue weighted by Gasteiger charge is -2.24. The van der Waals surface area contributed by atoms with Crippen LogP contribution in [-0.4, -0.2) is 46.3 Å². The van der Waals surface area contributed by atoms with E-state index in [1.807, 2.05) is 30.9 Å². The van der Waals surface area contributed by atoms with Gasteiger partial charge >= 0.3 is 0 Å². The van der Waals surface area contributed by atoms with E-state index in [2.05, 4.69) is 15.3 Å². The zero-order valence-electron chi connectivity index (χ0n) is 11.9. The summed E-state index contributed by atoms with van der Waals surface area (Å²) in [4.78, 5) is 14.2. The molecule has 0 aromatic carbocycles. The lowest BCUT2D eigenvalue weighted by molar-refractivity contribution is -0.123. The Morgan fingerprint density at radius 3 is 2.89 bits per heavy atom. The van der Waals surface area contributed by atoms with Crippen LogP contribution in [0, 0.1) is 0 Å². The summed E-state index contributed by atoms with van der Waals surface area (Å²) in [6.07, 6.45) is 8.72. The minimum absolute atomic E-state index is 0.101. The first-order valence-corrected chi connectivity index (χ1v) is 7.12. The summed E-state index contributed by atoms with van der Waals surface area (Å²) in [5.41, 5.74) is 0. The number of carbonyl (C=O) groups excluding carboxylic acids is 1. The Labute approximate surface area is 115 Å². The Morgan fingerprint density at radius 1 is 1.53 bits per heavy atom. The summed E-state index contributed by atoms with van der Waals surface area (Å²) in [6, 6.07) is 2.58. The fourth-order valence-corrected chi connectivity index (χ4v) is 2.76. The van der Waals surface area contributed by atoms with Crippen molar-refractivity contribution in [2.45, 2.75) is 51.2 Å². The highest BCUT2D eigenvalue weighted by atomic mass is 16.2. The Morgan fingerprint density at radius 2 is 2.26 bits per heavy atom. The summed E-state index contributed by atoms with van der Waals surface area (Å²) in [7, 11) is 2.05. The molecular weight excluding hydrogens is 240 g/mol. The van der Waals surface area contributed by atoms with Crippen LogP contribution in [0.15, 0.2) is 18.5 Å². The van der Waals surface area contributed by atoms with Gasteiger partial charge in [-0.1, -0.05) is 12.8 Å². The van der Waals surface area contributed by atoms with E-state index < -0.39 is 0 Å². The smallest absolute Gasteiger partial charge is 0.234 e. The monoisotopic (exact) mass is 264 g/mol. The van der Waals surface area contributed by atoms with Crippen molar-refractivity contribution in [3.63, 3.8) is 0 Å². The molecular formula is C14H24N4O. The normalized spacial score (nSPS) is 17.8. The number of rotatable bonds is 6. The number of nitrogens with zero attached hydrogens (tertiary/aromatic N) is 3. The number of hydrogen-bond donors (Lipinski definition) is 1. The molecule has 1 saturated carbocycles. The summed E-state index contributed by atoms with van der Waals surface area (Å²) >= 11 is 0. The van der Waals surface area contributed by atoms with Crippen molar-refractivity contribution < 1.29 is 4.79 Å². The molecule has 0 spiro atoms. The number of aromatic nitrogens is 2. The average Bonchev–Trinajstić information content (AvgIpc) is 3.00. The van der Waals surface area contributed by atoms with E-state index in [1.54, 1.807) is 6.20 Å². The predicted octanol–water partition coefficient (Wildman–Crippen LogP) is 1.26. The number of carbonyl (C=O) groups is 1. The molecule has 0 saturated heterocycles. The molecule has 1 aliphatic carbocycles. The molecule has 1 amide bonds. The first-order valence-electron chi connectivity index (χ1n) is 7.12. The molecule has 1 heterocycles. The molecule has 0 unspecified atom stereocenters. The van der Waals surface area contributed by atoms with Gasteiger partial charge in [0.1, 0.15) is 0 Å². The van der Waals surface area contributed by atoms with Crippen LogP contribution < -0.4 is 5.32 Å². The molecule has 5 nitrogen and oxygen atoms in total. The largest absolute Gasteiger partial charge is 0.351 e. The number of likely N-dealkylation sites (N-methyl/N-ethyl adjacent to an activating group) is 1. The van der Waals surface area contributed by atoms with Gasteiger partial charge in [-0.15, -0.1) is 0 Å². The van der Waals surface area contributed by atoms with E-state index in [-0.39, 0.29) is 11.9 Å². The second-order valence-corrected chi connectivity index (χ2v) is 5.55. The molecule has 5 heteroatoms. The Kier molecular flexibility index (Phi) is 4.96. The second kappa shape index (κ2) is 6.70. The fourth-order valence-electron chi connectivity index (χ4n) is 2.76. The topological polar surface area (TPSA) is 50.2 Å². The Bertz CT molecular complexity index is 384. The fraction of sp³-hybridized carbons (Fsp3) is 0.714. The van der Waals surface area contributed by atoms with E-state index in [9.17, 15) is 4.79 Å². The lowest BCUT2D eigenvalue weighted by Crippen LogP contribution is -2.43. The highest BCUT2D eigenvalue weighted by Gasteiger charge is 2.21. The molecule has 1 N–H and O–H groups in total. The van der Waals surface area contributed by atoms with Crippen molar-refractivity contribution in [3.8, 4) is 0 Å². The molecule has 106 valence electrons. The van der Waals surface area contributed by atoms with E-state index >= 15 is 0 Å². The van der Waals surface area contributed by atoms with Crippen LogP contribution in [0.1, 0.15) is 32.6 Å². The first kappa shape index (κ1) is 14.1. The molecule has 1 fully saturated rings. The zero-order chi connectivity index (χ0) is 13.7. The van der Waals surface area contributed by atoms with Gasteiger partial charge in [0, 0.05) is 24.5 Å². The minimum atomic E-state index is 0.101. The van der Waals surface area contributed by atoms with Crippen molar-refractivity contribution in [1.29, 1.82) is 0 Å². The molecule has 0 radical (unpaired) electrons.